The van der Waals surface area contributed by atoms with E-state index < -0.39 is 11.8 Å². The first kappa shape index (κ1) is 22.3. The summed E-state index contributed by atoms with van der Waals surface area (Å²) in [7, 11) is 0. The first-order valence-electron chi connectivity index (χ1n) is 9.47. The highest BCUT2D eigenvalue weighted by atomic mass is 16.3. The largest absolute Gasteiger partial charge is 0.395 e. The molecule has 29 heavy (non-hydrogen) atoms. The Morgan fingerprint density at radius 3 is 2.10 bits per heavy atom. The SMILES string of the molecule is CC(C)(C)c1ccc(C(=O)NC(=Cc2ccc(CO)cc2)C(=O)NCCO)cc1. The molecule has 2 amide bonds. The van der Waals surface area contributed by atoms with Crippen molar-refractivity contribution >= 4 is 17.9 Å². The van der Waals surface area contributed by atoms with Gasteiger partial charge in [0.15, 0.2) is 0 Å². The maximum atomic E-state index is 12.7. The number of carbonyl (C=O) groups excluding carboxylic acids is 2. The van der Waals surface area contributed by atoms with Gasteiger partial charge in [-0.1, -0.05) is 57.2 Å². The molecule has 0 unspecified atom stereocenters. The van der Waals surface area contributed by atoms with Crippen molar-refractivity contribution in [3.05, 3.63) is 76.5 Å². The minimum atomic E-state index is -0.495. The number of nitrogens with one attached hydrogen (secondary N) is 2. The van der Waals surface area contributed by atoms with Crippen LogP contribution in [-0.4, -0.2) is 35.2 Å². The van der Waals surface area contributed by atoms with Crippen molar-refractivity contribution in [3.8, 4) is 0 Å². The van der Waals surface area contributed by atoms with Crippen molar-refractivity contribution in [2.75, 3.05) is 13.2 Å². The van der Waals surface area contributed by atoms with Crippen LogP contribution >= 0.6 is 0 Å². The monoisotopic (exact) mass is 396 g/mol. The van der Waals surface area contributed by atoms with Crippen LogP contribution in [0.5, 0.6) is 0 Å². The second kappa shape index (κ2) is 10.0. The van der Waals surface area contributed by atoms with Gasteiger partial charge in [-0.15, -0.1) is 0 Å². The molecule has 0 heterocycles. The smallest absolute Gasteiger partial charge is 0.267 e. The molecule has 0 saturated heterocycles. The van der Waals surface area contributed by atoms with E-state index in [4.69, 9.17) is 10.2 Å². The molecule has 0 saturated carbocycles. The number of aliphatic hydroxyl groups is 2. The van der Waals surface area contributed by atoms with Gasteiger partial charge in [0.1, 0.15) is 5.70 Å². The Morgan fingerprint density at radius 2 is 1.59 bits per heavy atom. The molecular weight excluding hydrogens is 368 g/mol. The highest BCUT2D eigenvalue weighted by Gasteiger charge is 2.17. The molecule has 0 aliphatic carbocycles. The molecule has 154 valence electrons. The summed E-state index contributed by atoms with van der Waals surface area (Å²) >= 11 is 0. The van der Waals surface area contributed by atoms with Gasteiger partial charge >= 0.3 is 0 Å². The third kappa shape index (κ3) is 6.55. The van der Waals surface area contributed by atoms with Crippen LogP contribution < -0.4 is 10.6 Å². The van der Waals surface area contributed by atoms with Gasteiger partial charge in [-0.05, 0) is 40.3 Å². The third-order valence-corrected chi connectivity index (χ3v) is 4.38. The number of rotatable bonds is 7. The van der Waals surface area contributed by atoms with E-state index in [1.807, 2.05) is 12.1 Å². The first-order valence-corrected chi connectivity index (χ1v) is 9.47. The standard InChI is InChI=1S/C23H28N2O4/c1-23(2,3)19-10-8-18(9-11-19)21(28)25-20(22(29)24-12-13-26)14-16-4-6-17(15-27)7-5-16/h4-11,14,26-27H,12-13,15H2,1-3H3,(H,24,29)(H,25,28). The van der Waals surface area contributed by atoms with Gasteiger partial charge < -0.3 is 20.8 Å². The van der Waals surface area contributed by atoms with Crippen LogP contribution in [0.1, 0.15) is 47.8 Å². The van der Waals surface area contributed by atoms with E-state index in [-0.39, 0.29) is 30.9 Å². The van der Waals surface area contributed by atoms with Gasteiger partial charge in [0.2, 0.25) is 0 Å². The van der Waals surface area contributed by atoms with E-state index in [0.29, 0.717) is 11.1 Å². The Balaban J connectivity index is 2.25. The van der Waals surface area contributed by atoms with E-state index in [1.165, 1.54) is 0 Å². The normalized spacial score (nSPS) is 11.8. The van der Waals surface area contributed by atoms with Gasteiger partial charge in [0, 0.05) is 12.1 Å². The average molecular weight is 396 g/mol. The van der Waals surface area contributed by atoms with Gasteiger partial charge in [0.25, 0.3) is 11.8 Å². The minimum Gasteiger partial charge on any atom is -0.395 e. The molecule has 0 aromatic heterocycles. The summed E-state index contributed by atoms with van der Waals surface area (Å²) in [6.45, 7) is 6.08. The quantitative estimate of drug-likeness (QED) is 0.540. The van der Waals surface area contributed by atoms with Crippen LogP contribution in [0.25, 0.3) is 6.08 Å². The molecule has 0 bridgehead atoms. The zero-order valence-electron chi connectivity index (χ0n) is 17.0. The number of hydrogen-bond donors (Lipinski definition) is 4. The number of aliphatic hydroxyl groups excluding tert-OH is 2. The lowest BCUT2D eigenvalue weighted by Crippen LogP contribution is -2.36. The summed E-state index contributed by atoms with van der Waals surface area (Å²) in [5.41, 5.74) is 3.03. The Hall–Kier alpha value is -2.96. The minimum absolute atomic E-state index is 0.0228. The summed E-state index contributed by atoms with van der Waals surface area (Å²) in [4.78, 5) is 25.1. The highest BCUT2D eigenvalue weighted by molar-refractivity contribution is 6.05. The van der Waals surface area contributed by atoms with Crippen molar-refractivity contribution in [2.24, 2.45) is 0 Å². The topological polar surface area (TPSA) is 98.7 Å². The van der Waals surface area contributed by atoms with Gasteiger partial charge in [-0.3, -0.25) is 9.59 Å². The lowest BCUT2D eigenvalue weighted by Gasteiger charge is -2.19. The average Bonchev–Trinajstić information content (AvgIpc) is 2.71. The molecule has 6 nitrogen and oxygen atoms in total. The second-order valence-electron chi connectivity index (χ2n) is 7.72. The molecule has 2 aromatic rings. The molecule has 4 N–H and O–H groups in total. The second-order valence-corrected chi connectivity index (χ2v) is 7.72. The number of amides is 2. The highest BCUT2D eigenvalue weighted by Crippen LogP contribution is 2.22. The molecule has 6 heteroatoms. The van der Waals surface area contributed by atoms with Crippen LogP contribution in [-0.2, 0) is 16.8 Å². The molecule has 0 radical (unpaired) electrons. The van der Waals surface area contributed by atoms with E-state index in [2.05, 4.69) is 31.4 Å². The van der Waals surface area contributed by atoms with E-state index in [0.717, 1.165) is 11.1 Å². The van der Waals surface area contributed by atoms with E-state index in [1.54, 1.807) is 42.5 Å². The fourth-order valence-corrected chi connectivity index (χ4v) is 2.63. The molecule has 0 spiro atoms. The van der Waals surface area contributed by atoms with Crippen molar-refractivity contribution in [1.82, 2.24) is 10.6 Å². The van der Waals surface area contributed by atoms with Crippen LogP contribution in [0, 0.1) is 0 Å². The Morgan fingerprint density at radius 1 is 0.966 bits per heavy atom. The predicted octanol–water partition coefficient (Wildman–Crippen LogP) is 2.36. The molecule has 0 fully saturated rings. The summed E-state index contributed by atoms with van der Waals surface area (Å²) in [6, 6.07) is 14.2. The molecule has 2 aromatic carbocycles. The Kier molecular flexibility index (Phi) is 7.70. The molecular formula is C23H28N2O4. The predicted molar refractivity (Wildman–Crippen MR) is 113 cm³/mol. The Bertz CT molecular complexity index is 863. The zero-order valence-corrected chi connectivity index (χ0v) is 17.0. The Labute approximate surface area is 171 Å². The summed E-state index contributed by atoms with van der Waals surface area (Å²) in [5, 5.41) is 23.3. The fourth-order valence-electron chi connectivity index (χ4n) is 2.63. The van der Waals surface area contributed by atoms with Crippen LogP contribution in [0.2, 0.25) is 0 Å². The maximum Gasteiger partial charge on any atom is 0.267 e. The van der Waals surface area contributed by atoms with Crippen LogP contribution in [0.4, 0.5) is 0 Å². The number of carbonyl (C=O) groups is 2. The zero-order chi connectivity index (χ0) is 21.4. The van der Waals surface area contributed by atoms with Gasteiger partial charge in [-0.25, -0.2) is 0 Å². The van der Waals surface area contributed by atoms with Crippen LogP contribution in [0.3, 0.4) is 0 Å². The van der Waals surface area contributed by atoms with E-state index in [9.17, 15) is 9.59 Å². The molecule has 0 atom stereocenters. The summed E-state index contributed by atoms with van der Waals surface area (Å²) in [6.07, 6.45) is 1.55. The molecule has 2 rings (SSSR count). The first-order chi connectivity index (χ1) is 13.7. The molecule has 0 aliphatic heterocycles. The third-order valence-electron chi connectivity index (χ3n) is 4.38. The van der Waals surface area contributed by atoms with Crippen molar-refractivity contribution in [2.45, 2.75) is 32.8 Å². The lowest BCUT2D eigenvalue weighted by molar-refractivity contribution is -0.117. The lowest BCUT2D eigenvalue weighted by atomic mass is 9.87. The van der Waals surface area contributed by atoms with Gasteiger partial charge in [-0.2, -0.15) is 0 Å². The van der Waals surface area contributed by atoms with Crippen LogP contribution in [0.15, 0.2) is 54.2 Å². The maximum absolute atomic E-state index is 12.7. The van der Waals surface area contributed by atoms with E-state index >= 15 is 0 Å². The van der Waals surface area contributed by atoms with Crippen molar-refractivity contribution < 1.29 is 19.8 Å². The number of hydrogen-bond acceptors (Lipinski definition) is 4. The van der Waals surface area contributed by atoms with Crippen molar-refractivity contribution in [1.29, 1.82) is 0 Å². The summed E-state index contributed by atoms with van der Waals surface area (Å²) < 4.78 is 0. The molecule has 0 aliphatic rings. The fraction of sp³-hybridized carbons (Fsp3) is 0.304. The van der Waals surface area contributed by atoms with Crippen molar-refractivity contribution in [3.63, 3.8) is 0 Å². The summed E-state index contributed by atoms with van der Waals surface area (Å²) in [5.74, 6) is -0.896. The number of benzene rings is 2. The van der Waals surface area contributed by atoms with Gasteiger partial charge in [0.05, 0.1) is 13.2 Å².